The van der Waals surface area contributed by atoms with Crippen molar-refractivity contribution in [2.75, 3.05) is 13.1 Å². The smallest absolute Gasteiger partial charge is 0.253 e. The van der Waals surface area contributed by atoms with Crippen LogP contribution in [0.2, 0.25) is 0 Å². The molecule has 0 aromatic carbocycles. The third-order valence-electron chi connectivity index (χ3n) is 2.52. The number of hydrogen-bond donors (Lipinski definition) is 1. The Labute approximate surface area is 112 Å². The predicted molar refractivity (Wildman–Crippen MR) is 70.1 cm³/mol. The van der Waals surface area contributed by atoms with Crippen LogP contribution in [-0.2, 0) is 19.2 Å². The van der Waals surface area contributed by atoms with E-state index in [1.54, 1.807) is 0 Å². The standard InChI is InChI=1S/C12H16N2O4.CH4/c1-9(15)13-7-2-3-10(16)6-8-14-11(17)4-5-12(14)18;/h4-5H,2-3,6-8H2,1H3,(H,13,15);1H4. The number of Topliss-reactive ketones (excluding diaryl/α,β-unsaturated/α-hetero) is 1. The van der Waals surface area contributed by atoms with Crippen LogP contribution in [0.3, 0.4) is 0 Å². The van der Waals surface area contributed by atoms with E-state index in [4.69, 9.17) is 0 Å². The number of nitrogens with one attached hydrogen (secondary N) is 1. The summed E-state index contributed by atoms with van der Waals surface area (Å²) in [6, 6.07) is 0. The number of amides is 3. The molecular weight excluding hydrogens is 248 g/mol. The summed E-state index contributed by atoms with van der Waals surface area (Å²) in [5.41, 5.74) is 0. The number of carbonyl (C=O) groups excluding carboxylic acids is 4. The van der Waals surface area contributed by atoms with Gasteiger partial charge in [0.25, 0.3) is 11.8 Å². The lowest BCUT2D eigenvalue weighted by atomic mass is 10.1. The summed E-state index contributed by atoms with van der Waals surface area (Å²) >= 11 is 0. The molecule has 0 aliphatic carbocycles. The van der Waals surface area contributed by atoms with Gasteiger partial charge in [0, 0.05) is 45.0 Å². The Hall–Kier alpha value is -1.98. The van der Waals surface area contributed by atoms with Crippen molar-refractivity contribution in [2.24, 2.45) is 0 Å². The normalized spacial score (nSPS) is 13.4. The molecule has 106 valence electrons. The maximum Gasteiger partial charge on any atom is 0.253 e. The van der Waals surface area contributed by atoms with Gasteiger partial charge in [-0.05, 0) is 6.42 Å². The van der Waals surface area contributed by atoms with E-state index in [1.165, 1.54) is 19.1 Å². The molecule has 6 heteroatoms. The van der Waals surface area contributed by atoms with Crippen LogP contribution in [0.1, 0.15) is 33.6 Å². The summed E-state index contributed by atoms with van der Waals surface area (Å²) in [5, 5.41) is 2.59. The summed E-state index contributed by atoms with van der Waals surface area (Å²) in [7, 11) is 0. The minimum Gasteiger partial charge on any atom is -0.356 e. The third-order valence-corrected chi connectivity index (χ3v) is 2.52. The maximum atomic E-state index is 11.5. The van der Waals surface area contributed by atoms with Crippen LogP contribution in [0.15, 0.2) is 12.2 Å². The number of rotatable bonds is 7. The number of carbonyl (C=O) groups is 4. The molecule has 0 atom stereocenters. The Morgan fingerprint density at radius 1 is 1.16 bits per heavy atom. The summed E-state index contributed by atoms with van der Waals surface area (Å²) < 4.78 is 0. The minimum atomic E-state index is -0.369. The third kappa shape index (κ3) is 5.94. The molecule has 0 fully saturated rings. The first kappa shape index (κ1) is 17.0. The highest BCUT2D eigenvalue weighted by Crippen LogP contribution is 2.05. The van der Waals surface area contributed by atoms with Gasteiger partial charge < -0.3 is 5.32 Å². The zero-order valence-corrected chi connectivity index (χ0v) is 10.3. The van der Waals surface area contributed by atoms with E-state index in [9.17, 15) is 19.2 Å². The van der Waals surface area contributed by atoms with E-state index in [0.29, 0.717) is 19.4 Å². The molecule has 0 radical (unpaired) electrons. The minimum absolute atomic E-state index is 0. The molecule has 19 heavy (non-hydrogen) atoms. The fourth-order valence-corrected chi connectivity index (χ4v) is 1.56. The molecule has 0 saturated heterocycles. The van der Waals surface area contributed by atoms with Crippen molar-refractivity contribution in [3.63, 3.8) is 0 Å². The van der Waals surface area contributed by atoms with Gasteiger partial charge in [0.05, 0.1) is 0 Å². The molecule has 1 aliphatic rings. The second-order valence-electron chi connectivity index (χ2n) is 4.04. The van der Waals surface area contributed by atoms with Crippen LogP contribution < -0.4 is 5.32 Å². The van der Waals surface area contributed by atoms with Crippen molar-refractivity contribution in [1.82, 2.24) is 10.2 Å². The van der Waals surface area contributed by atoms with Crippen molar-refractivity contribution in [2.45, 2.75) is 33.6 Å². The Bertz CT molecular complexity index is 383. The van der Waals surface area contributed by atoms with E-state index < -0.39 is 0 Å². The molecule has 0 spiro atoms. The highest BCUT2D eigenvalue weighted by Gasteiger charge is 2.23. The fourth-order valence-electron chi connectivity index (χ4n) is 1.56. The maximum absolute atomic E-state index is 11.5. The van der Waals surface area contributed by atoms with Gasteiger partial charge in [0.2, 0.25) is 5.91 Å². The molecule has 0 unspecified atom stereocenters. The van der Waals surface area contributed by atoms with Crippen LogP contribution in [0.4, 0.5) is 0 Å². The Balaban J connectivity index is 0.00000324. The van der Waals surface area contributed by atoms with E-state index in [2.05, 4.69) is 5.32 Å². The first-order valence-electron chi connectivity index (χ1n) is 5.80. The highest BCUT2D eigenvalue weighted by molar-refractivity contribution is 6.13. The SMILES string of the molecule is C.CC(=O)NCCCC(=O)CCN1C(=O)C=CC1=O. The van der Waals surface area contributed by atoms with Crippen molar-refractivity contribution < 1.29 is 19.2 Å². The van der Waals surface area contributed by atoms with Crippen molar-refractivity contribution in [3.05, 3.63) is 12.2 Å². The largest absolute Gasteiger partial charge is 0.356 e. The summed E-state index contributed by atoms with van der Waals surface area (Å²) in [4.78, 5) is 45.5. The lowest BCUT2D eigenvalue weighted by Crippen LogP contribution is -2.32. The van der Waals surface area contributed by atoms with Gasteiger partial charge in [-0.3, -0.25) is 24.1 Å². The molecule has 1 heterocycles. The van der Waals surface area contributed by atoms with E-state index in [1.807, 2.05) is 0 Å². The number of hydrogen-bond acceptors (Lipinski definition) is 4. The van der Waals surface area contributed by atoms with Gasteiger partial charge in [0.1, 0.15) is 5.78 Å². The lowest BCUT2D eigenvalue weighted by Gasteiger charge is -2.12. The molecule has 1 rings (SSSR count). The van der Waals surface area contributed by atoms with Gasteiger partial charge in [-0.15, -0.1) is 0 Å². The van der Waals surface area contributed by atoms with Crippen LogP contribution >= 0.6 is 0 Å². The first-order chi connectivity index (χ1) is 8.50. The van der Waals surface area contributed by atoms with Crippen molar-refractivity contribution in [1.29, 1.82) is 0 Å². The van der Waals surface area contributed by atoms with E-state index in [0.717, 1.165) is 4.90 Å². The topological polar surface area (TPSA) is 83.6 Å². The second-order valence-corrected chi connectivity index (χ2v) is 4.04. The second kappa shape index (κ2) is 8.18. The quantitative estimate of drug-likeness (QED) is 0.536. The van der Waals surface area contributed by atoms with Crippen LogP contribution in [0.25, 0.3) is 0 Å². The summed E-state index contributed by atoms with van der Waals surface area (Å²) in [5.74, 6) is -0.883. The lowest BCUT2D eigenvalue weighted by molar-refractivity contribution is -0.137. The van der Waals surface area contributed by atoms with Crippen molar-refractivity contribution in [3.8, 4) is 0 Å². The Kier molecular flexibility index (Phi) is 7.33. The predicted octanol–water partition coefficient (Wildman–Crippen LogP) is 0.423. The summed E-state index contributed by atoms with van der Waals surface area (Å²) in [6.45, 7) is 2.01. The molecule has 0 bridgehead atoms. The van der Waals surface area contributed by atoms with Crippen LogP contribution in [0.5, 0.6) is 0 Å². The number of nitrogens with zero attached hydrogens (tertiary/aromatic N) is 1. The number of imide groups is 1. The molecular formula is C13H20N2O4. The fraction of sp³-hybridized carbons (Fsp3) is 0.538. The molecule has 1 aliphatic heterocycles. The molecule has 0 aromatic rings. The van der Waals surface area contributed by atoms with Crippen LogP contribution in [0, 0.1) is 0 Å². The monoisotopic (exact) mass is 268 g/mol. The average molecular weight is 268 g/mol. The average Bonchev–Trinajstić information content (AvgIpc) is 2.62. The zero-order chi connectivity index (χ0) is 13.5. The molecule has 6 nitrogen and oxygen atoms in total. The molecule has 1 N–H and O–H groups in total. The van der Waals surface area contributed by atoms with Crippen molar-refractivity contribution >= 4 is 23.5 Å². The first-order valence-corrected chi connectivity index (χ1v) is 5.80. The van der Waals surface area contributed by atoms with Gasteiger partial charge in [0.15, 0.2) is 0 Å². The van der Waals surface area contributed by atoms with Gasteiger partial charge in [-0.25, -0.2) is 0 Å². The highest BCUT2D eigenvalue weighted by atomic mass is 16.2. The zero-order valence-electron chi connectivity index (χ0n) is 10.3. The molecule has 3 amide bonds. The van der Waals surface area contributed by atoms with E-state index >= 15 is 0 Å². The molecule has 0 aromatic heterocycles. The Morgan fingerprint density at radius 2 is 1.74 bits per heavy atom. The van der Waals surface area contributed by atoms with Crippen LogP contribution in [-0.4, -0.2) is 41.5 Å². The number of ketones is 1. The Morgan fingerprint density at radius 3 is 2.26 bits per heavy atom. The summed E-state index contributed by atoms with van der Waals surface area (Å²) in [6.07, 6.45) is 3.47. The molecule has 0 saturated carbocycles. The van der Waals surface area contributed by atoms with Gasteiger partial charge in [-0.2, -0.15) is 0 Å². The van der Waals surface area contributed by atoms with E-state index in [-0.39, 0.29) is 43.9 Å². The van der Waals surface area contributed by atoms with Gasteiger partial charge >= 0.3 is 0 Å². The van der Waals surface area contributed by atoms with Gasteiger partial charge in [-0.1, -0.05) is 7.43 Å².